The van der Waals surface area contributed by atoms with E-state index in [-0.39, 0.29) is 29.6 Å². The van der Waals surface area contributed by atoms with Gasteiger partial charge in [0.15, 0.2) is 11.6 Å². The summed E-state index contributed by atoms with van der Waals surface area (Å²) in [5, 5.41) is 0. The molecule has 0 unspecified atom stereocenters. The lowest BCUT2D eigenvalue weighted by Crippen LogP contribution is -2.43. The molecule has 1 fully saturated rings. The van der Waals surface area contributed by atoms with Crippen LogP contribution in [0.4, 0.5) is 0 Å². The van der Waals surface area contributed by atoms with Crippen LogP contribution >= 0.6 is 0 Å². The summed E-state index contributed by atoms with van der Waals surface area (Å²) in [6, 6.07) is 0. The summed E-state index contributed by atoms with van der Waals surface area (Å²) in [5.41, 5.74) is 6.10. The van der Waals surface area contributed by atoms with Gasteiger partial charge in [-0.2, -0.15) is 0 Å². The van der Waals surface area contributed by atoms with E-state index in [1.165, 1.54) is 0 Å². The molecule has 0 aromatic heterocycles. The van der Waals surface area contributed by atoms with Crippen LogP contribution < -0.4 is 10.9 Å². The van der Waals surface area contributed by atoms with Gasteiger partial charge in [-0.1, -0.05) is 13.8 Å². The van der Waals surface area contributed by atoms with Crippen molar-refractivity contribution in [3.63, 3.8) is 0 Å². The Bertz CT molecular complexity index is 472. The molecule has 0 saturated carbocycles. The number of carbonyl (C=O) groups is 2. The summed E-state index contributed by atoms with van der Waals surface area (Å²) in [7, 11) is 0. The van der Waals surface area contributed by atoms with E-state index in [4.69, 9.17) is 9.47 Å². The summed E-state index contributed by atoms with van der Waals surface area (Å²) in [6.45, 7) is 8.21. The van der Waals surface area contributed by atoms with Crippen LogP contribution in [0.2, 0.25) is 0 Å². The van der Waals surface area contributed by atoms with Crippen LogP contribution in [0.1, 0.15) is 47.0 Å². The summed E-state index contributed by atoms with van der Waals surface area (Å²) < 4.78 is 11.1. The normalized spacial score (nSPS) is 31.7. The summed E-state index contributed by atoms with van der Waals surface area (Å²) in [4.78, 5) is 23.6. The predicted molar refractivity (Wildman–Crippen MR) is 76.9 cm³/mol. The Morgan fingerprint density at radius 1 is 1.38 bits per heavy atom. The second-order valence-electron chi connectivity index (χ2n) is 6.88. The van der Waals surface area contributed by atoms with Gasteiger partial charge in [-0.15, -0.1) is 0 Å². The first-order chi connectivity index (χ1) is 9.67. The van der Waals surface area contributed by atoms with Gasteiger partial charge in [0.2, 0.25) is 5.91 Å². The minimum absolute atomic E-state index is 0.00441. The molecular formula is C15H24N2O4. The second kappa shape index (κ2) is 5.77. The van der Waals surface area contributed by atoms with Crippen LogP contribution in [-0.2, 0) is 19.1 Å². The van der Waals surface area contributed by atoms with Gasteiger partial charge in [0.25, 0.3) is 0 Å². The largest absolute Gasteiger partial charge is 0.347 e. The van der Waals surface area contributed by atoms with Gasteiger partial charge >= 0.3 is 0 Å². The molecule has 0 bridgehead atoms. The lowest BCUT2D eigenvalue weighted by Gasteiger charge is -2.29. The Hall–Kier alpha value is -1.40. The molecule has 0 aromatic rings. The van der Waals surface area contributed by atoms with Crippen LogP contribution in [-0.4, -0.2) is 30.2 Å². The van der Waals surface area contributed by atoms with Crippen LogP contribution in [0, 0.1) is 5.41 Å². The van der Waals surface area contributed by atoms with Gasteiger partial charge in [-0.05, 0) is 25.7 Å². The summed E-state index contributed by atoms with van der Waals surface area (Å²) in [5.74, 6) is -1.03. The zero-order chi connectivity index (χ0) is 15.7. The average Bonchev–Trinajstić information content (AvgIpc) is 2.63. The van der Waals surface area contributed by atoms with Gasteiger partial charge in [0, 0.05) is 18.2 Å². The number of amides is 1. The van der Waals surface area contributed by atoms with Crippen molar-refractivity contribution in [1.29, 1.82) is 0 Å². The molecule has 1 heterocycles. The molecule has 6 heteroatoms. The topological polar surface area (TPSA) is 76.7 Å². The molecule has 21 heavy (non-hydrogen) atoms. The fraction of sp³-hybridized carbons (Fsp3) is 0.733. The van der Waals surface area contributed by atoms with Crippen LogP contribution in [0.25, 0.3) is 0 Å². The number of allylic oxidation sites excluding steroid dienone is 2. The molecule has 1 aliphatic heterocycles. The number of carbonyl (C=O) groups excluding carboxylic acids is 2. The number of nitrogens with one attached hydrogen (secondary N) is 2. The molecule has 2 N–H and O–H groups in total. The van der Waals surface area contributed by atoms with E-state index in [1.807, 2.05) is 20.8 Å². The maximum Gasteiger partial charge on any atom is 0.243 e. The molecule has 2 aliphatic rings. The first-order valence-corrected chi connectivity index (χ1v) is 7.28. The summed E-state index contributed by atoms with van der Waals surface area (Å²) >= 11 is 0. The lowest BCUT2D eigenvalue weighted by molar-refractivity contribution is -0.166. The highest BCUT2D eigenvalue weighted by Gasteiger charge is 2.37. The first-order valence-electron chi connectivity index (χ1n) is 7.28. The lowest BCUT2D eigenvalue weighted by atomic mass is 9.79. The zero-order valence-corrected chi connectivity index (χ0v) is 13.1. The number of hydrogen-bond donors (Lipinski definition) is 2. The second-order valence-corrected chi connectivity index (χ2v) is 6.88. The highest BCUT2D eigenvalue weighted by Crippen LogP contribution is 2.32. The Morgan fingerprint density at radius 2 is 2.10 bits per heavy atom. The number of hydrazine groups is 1. The number of ether oxygens (including phenoxy) is 2. The predicted octanol–water partition coefficient (Wildman–Crippen LogP) is 1.42. The molecule has 118 valence electrons. The number of ketones is 1. The Labute approximate surface area is 125 Å². The standard InChI is InChI=1S/C15H24N2O4/c1-10-9-20-15(4,21-10)8-13(19)17-16-11-5-12(18)7-14(2,3)6-11/h5,10,16H,6-9H2,1-4H3,(H,17,19)/t10-,15-/m0/s1. The molecule has 1 amide bonds. The Balaban J connectivity index is 1.83. The molecule has 0 radical (unpaired) electrons. The average molecular weight is 296 g/mol. The van der Waals surface area contributed by atoms with E-state index in [2.05, 4.69) is 10.9 Å². The SMILES string of the molecule is C[C@H]1CO[C@](C)(CC(=O)NNC2=CC(=O)CC(C)(C)C2)O1. The van der Waals surface area contributed by atoms with Crippen molar-refractivity contribution in [2.45, 2.75) is 58.8 Å². The van der Waals surface area contributed by atoms with Crippen molar-refractivity contribution in [2.75, 3.05) is 6.61 Å². The quantitative estimate of drug-likeness (QED) is 0.767. The Kier molecular flexibility index (Phi) is 4.39. The molecule has 2 atom stereocenters. The van der Waals surface area contributed by atoms with Crippen molar-refractivity contribution in [3.05, 3.63) is 11.8 Å². The highest BCUT2D eigenvalue weighted by molar-refractivity contribution is 5.91. The monoisotopic (exact) mass is 296 g/mol. The minimum atomic E-state index is -0.874. The fourth-order valence-corrected chi connectivity index (χ4v) is 2.79. The van der Waals surface area contributed by atoms with Gasteiger partial charge < -0.3 is 14.9 Å². The van der Waals surface area contributed by atoms with E-state index in [1.54, 1.807) is 13.0 Å². The maximum atomic E-state index is 12.0. The van der Waals surface area contributed by atoms with Crippen LogP contribution in [0.3, 0.4) is 0 Å². The molecule has 2 rings (SSSR count). The van der Waals surface area contributed by atoms with Gasteiger partial charge in [-0.25, -0.2) is 0 Å². The molecule has 0 aromatic carbocycles. The van der Waals surface area contributed by atoms with E-state index in [9.17, 15) is 9.59 Å². The summed E-state index contributed by atoms with van der Waals surface area (Å²) in [6.07, 6.45) is 2.91. The van der Waals surface area contributed by atoms with Gasteiger partial charge in [0.1, 0.15) is 0 Å². The zero-order valence-electron chi connectivity index (χ0n) is 13.1. The number of hydrogen-bond acceptors (Lipinski definition) is 5. The molecule has 0 spiro atoms. The first kappa shape index (κ1) is 16.0. The van der Waals surface area contributed by atoms with Crippen LogP contribution in [0.5, 0.6) is 0 Å². The van der Waals surface area contributed by atoms with Crippen molar-refractivity contribution in [2.24, 2.45) is 5.41 Å². The molecular weight excluding hydrogens is 272 g/mol. The smallest absolute Gasteiger partial charge is 0.243 e. The molecule has 1 aliphatic carbocycles. The van der Waals surface area contributed by atoms with Gasteiger partial charge in [0.05, 0.1) is 19.1 Å². The van der Waals surface area contributed by atoms with Crippen molar-refractivity contribution >= 4 is 11.7 Å². The van der Waals surface area contributed by atoms with Crippen LogP contribution in [0.15, 0.2) is 11.8 Å². The fourth-order valence-electron chi connectivity index (χ4n) is 2.79. The third kappa shape index (κ3) is 4.54. The van der Waals surface area contributed by atoms with E-state index >= 15 is 0 Å². The Morgan fingerprint density at radius 3 is 2.67 bits per heavy atom. The number of rotatable bonds is 4. The van der Waals surface area contributed by atoms with E-state index < -0.39 is 5.79 Å². The minimum Gasteiger partial charge on any atom is -0.347 e. The van der Waals surface area contributed by atoms with E-state index in [0.29, 0.717) is 13.0 Å². The van der Waals surface area contributed by atoms with Gasteiger partial charge in [-0.3, -0.25) is 15.0 Å². The van der Waals surface area contributed by atoms with Crippen molar-refractivity contribution in [1.82, 2.24) is 10.9 Å². The van der Waals surface area contributed by atoms with Crippen molar-refractivity contribution in [3.8, 4) is 0 Å². The van der Waals surface area contributed by atoms with E-state index in [0.717, 1.165) is 12.1 Å². The third-order valence-electron chi connectivity index (χ3n) is 3.58. The molecule has 6 nitrogen and oxygen atoms in total. The third-order valence-corrected chi connectivity index (χ3v) is 3.58. The highest BCUT2D eigenvalue weighted by atomic mass is 16.7. The van der Waals surface area contributed by atoms with Crippen molar-refractivity contribution < 1.29 is 19.1 Å². The molecule has 1 saturated heterocycles. The maximum absolute atomic E-state index is 12.0.